The van der Waals surface area contributed by atoms with Crippen LogP contribution in [0.2, 0.25) is 0 Å². The van der Waals surface area contributed by atoms with Gasteiger partial charge in [-0.3, -0.25) is 4.79 Å². The maximum atomic E-state index is 12.5. The molecule has 1 heterocycles. The summed E-state index contributed by atoms with van der Waals surface area (Å²) in [6.45, 7) is 5.67. The van der Waals surface area contributed by atoms with Gasteiger partial charge in [-0.2, -0.15) is 0 Å². The van der Waals surface area contributed by atoms with Gasteiger partial charge >= 0.3 is 0 Å². The quantitative estimate of drug-likeness (QED) is 0.906. The number of hydrogen-bond donors (Lipinski definition) is 1. The number of carbonyl (C=O) groups is 1. The second kappa shape index (κ2) is 6.92. The highest BCUT2D eigenvalue weighted by molar-refractivity contribution is 5.95. The Kier molecular flexibility index (Phi) is 5.83. The van der Waals surface area contributed by atoms with Crippen LogP contribution < -0.4 is 5.73 Å². The molecule has 1 fully saturated rings. The summed E-state index contributed by atoms with van der Waals surface area (Å²) in [4.78, 5) is 14.4. The molecule has 0 spiro atoms. The van der Waals surface area contributed by atoms with Crippen LogP contribution >= 0.6 is 12.4 Å². The Hall–Kier alpha value is -1.06. The molecule has 2 unspecified atom stereocenters. The predicted octanol–water partition coefficient (Wildman–Crippen LogP) is 2.62. The van der Waals surface area contributed by atoms with E-state index in [0.29, 0.717) is 5.92 Å². The van der Waals surface area contributed by atoms with Gasteiger partial charge in [-0.25, -0.2) is 0 Å². The number of nitrogens with two attached hydrogens (primary N) is 1. The minimum Gasteiger partial charge on any atom is -0.338 e. The molecule has 0 radical (unpaired) electrons. The molecule has 3 nitrogen and oxygen atoms in total. The Morgan fingerprint density at radius 3 is 2.74 bits per heavy atom. The van der Waals surface area contributed by atoms with E-state index in [1.165, 1.54) is 0 Å². The van der Waals surface area contributed by atoms with E-state index in [0.717, 1.165) is 37.1 Å². The standard InChI is InChI=1S/C15H22N2O.ClH/c1-11-6-3-4-8-14(11)15(18)17-9-5-7-13(10-17)12(2)16;/h3-4,6,8,12-13H,5,7,9-10,16H2,1-2H3;1H. The van der Waals surface area contributed by atoms with E-state index in [1.807, 2.05) is 43.0 Å². The zero-order valence-corrected chi connectivity index (χ0v) is 12.5. The van der Waals surface area contributed by atoms with Gasteiger partial charge in [0, 0.05) is 24.7 Å². The highest BCUT2D eigenvalue weighted by atomic mass is 35.5. The van der Waals surface area contributed by atoms with Crippen molar-refractivity contribution in [1.82, 2.24) is 4.90 Å². The molecule has 19 heavy (non-hydrogen) atoms. The van der Waals surface area contributed by atoms with Crippen LogP contribution in [-0.2, 0) is 0 Å². The van der Waals surface area contributed by atoms with Crippen molar-refractivity contribution in [3.05, 3.63) is 35.4 Å². The molecule has 1 aliphatic heterocycles. The fraction of sp³-hybridized carbons (Fsp3) is 0.533. The van der Waals surface area contributed by atoms with Crippen LogP contribution in [0.4, 0.5) is 0 Å². The number of piperidine rings is 1. The maximum Gasteiger partial charge on any atom is 0.254 e. The molecule has 2 N–H and O–H groups in total. The number of halogens is 1. The van der Waals surface area contributed by atoms with Crippen molar-refractivity contribution in [1.29, 1.82) is 0 Å². The van der Waals surface area contributed by atoms with E-state index >= 15 is 0 Å². The molecular weight excluding hydrogens is 260 g/mol. The van der Waals surface area contributed by atoms with Crippen LogP contribution in [0.5, 0.6) is 0 Å². The van der Waals surface area contributed by atoms with Gasteiger partial charge in [0.05, 0.1) is 0 Å². The van der Waals surface area contributed by atoms with Crippen LogP contribution in [-0.4, -0.2) is 29.9 Å². The molecule has 0 aliphatic carbocycles. The third-order valence-corrected chi connectivity index (χ3v) is 3.86. The van der Waals surface area contributed by atoms with Crippen LogP contribution in [0.1, 0.15) is 35.7 Å². The van der Waals surface area contributed by atoms with Crippen LogP contribution in [0, 0.1) is 12.8 Å². The molecule has 0 aromatic heterocycles. The van der Waals surface area contributed by atoms with Gasteiger partial charge in [0.1, 0.15) is 0 Å². The van der Waals surface area contributed by atoms with Gasteiger partial charge in [0.2, 0.25) is 0 Å². The monoisotopic (exact) mass is 282 g/mol. The minimum absolute atomic E-state index is 0. The highest BCUT2D eigenvalue weighted by Gasteiger charge is 2.26. The van der Waals surface area contributed by atoms with E-state index < -0.39 is 0 Å². The number of nitrogens with zero attached hydrogens (tertiary/aromatic N) is 1. The summed E-state index contributed by atoms with van der Waals surface area (Å²) in [6.07, 6.45) is 2.19. The summed E-state index contributed by atoms with van der Waals surface area (Å²) in [6, 6.07) is 7.95. The Balaban J connectivity index is 0.00000180. The lowest BCUT2D eigenvalue weighted by molar-refractivity contribution is 0.0660. The predicted molar refractivity (Wildman–Crippen MR) is 80.7 cm³/mol. The van der Waals surface area contributed by atoms with Gasteiger partial charge in [0.25, 0.3) is 5.91 Å². The lowest BCUT2D eigenvalue weighted by atomic mass is 9.91. The van der Waals surface area contributed by atoms with Crippen molar-refractivity contribution >= 4 is 18.3 Å². The molecule has 1 saturated heterocycles. The zero-order valence-electron chi connectivity index (χ0n) is 11.6. The Morgan fingerprint density at radius 1 is 1.42 bits per heavy atom. The Bertz CT molecular complexity index is 434. The lowest BCUT2D eigenvalue weighted by Gasteiger charge is -2.35. The second-order valence-corrected chi connectivity index (χ2v) is 5.33. The summed E-state index contributed by atoms with van der Waals surface area (Å²) < 4.78 is 0. The number of benzene rings is 1. The summed E-state index contributed by atoms with van der Waals surface area (Å²) in [5, 5.41) is 0. The van der Waals surface area contributed by atoms with E-state index in [9.17, 15) is 4.79 Å². The van der Waals surface area contributed by atoms with Crippen LogP contribution in [0.25, 0.3) is 0 Å². The summed E-state index contributed by atoms with van der Waals surface area (Å²) in [5.74, 6) is 0.588. The molecule has 106 valence electrons. The fourth-order valence-corrected chi connectivity index (χ4v) is 2.61. The number of likely N-dealkylation sites (tertiary alicyclic amines) is 1. The van der Waals surface area contributed by atoms with Gasteiger partial charge < -0.3 is 10.6 Å². The maximum absolute atomic E-state index is 12.5. The van der Waals surface area contributed by atoms with Crippen LogP contribution in [0.3, 0.4) is 0 Å². The van der Waals surface area contributed by atoms with Gasteiger partial charge in [-0.05, 0) is 44.2 Å². The van der Waals surface area contributed by atoms with E-state index in [1.54, 1.807) is 0 Å². The normalized spacial score (nSPS) is 20.6. The fourth-order valence-electron chi connectivity index (χ4n) is 2.61. The molecule has 4 heteroatoms. The molecular formula is C15H23ClN2O. The molecule has 0 saturated carbocycles. The van der Waals surface area contributed by atoms with E-state index in [2.05, 4.69) is 0 Å². The largest absolute Gasteiger partial charge is 0.338 e. The lowest BCUT2D eigenvalue weighted by Crippen LogP contribution is -2.45. The molecule has 1 amide bonds. The molecule has 2 atom stereocenters. The van der Waals surface area contributed by atoms with Crippen molar-refractivity contribution in [2.24, 2.45) is 11.7 Å². The third-order valence-electron chi connectivity index (χ3n) is 3.86. The van der Waals surface area contributed by atoms with Gasteiger partial charge in [-0.15, -0.1) is 12.4 Å². The Morgan fingerprint density at radius 2 is 2.11 bits per heavy atom. The first kappa shape index (κ1) is 16.0. The first-order valence-corrected chi connectivity index (χ1v) is 6.70. The van der Waals surface area contributed by atoms with Crippen molar-refractivity contribution < 1.29 is 4.79 Å². The third kappa shape index (κ3) is 3.71. The van der Waals surface area contributed by atoms with E-state index in [-0.39, 0.29) is 24.4 Å². The average molecular weight is 283 g/mol. The van der Waals surface area contributed by atoms with E-state index in [4.69, 9.17) is 5.73 Å². The number of hydrogen-bond acceptors (Lipinski definition) is 2. The summed E-state index contributed by atoms with van der Waals surface area (Å²) >= 11 is 0. The van der Waals surface area contributed by atoms with Crippen molar-refractivity contribution in [2.45, 2.75) is 32.7 Å². The van der Waals surface area contributed by atoms with Crippen molar-refractivity contribution in [3.8, 4) is 0 Å². The van der Waals surface area contributed by atoms with Gasteiger partial charge in [0.15, 0.2) is 0 Å². The highest BCUT2D eigenvalue weighted by Crippen LogP contribution is 2.21. The first-order valence-electron chi connectivity index (χ1n) is 6.70. The second-order valence-electron chi connectivity index (χ2n) is 5.33. The average Bonchev–Trinajstić information content (AvgIpc) is 2.38. The number of amides is 1. The number of rotatable bonds is 2. The molecule has 0 bridgehead atoms. The van der Waals surface area contributed by atoms with Crippen molar-refractivity contribution in [2.75, 3.05) is 13.1 Å². The smallest absolute Gasteiger partial charge is 0.254 e. The summed E-state index contributed by atoms with van der Waals surface area (Å²) in [7, 11) is 0. The molecule has 2 rings (SSSR count). The molecule has 1 aliphatic rings. The first-order chi connectivity index (χ1) is 8.59. The molecule has 1 aromatic carbocycles. The summed E-state index contributed by atoms with van der Waals surface area (Å²) in [5.41, 5.74) is 7.83. The minimum atomic E-state index is 0. The van der Waals surface area contributed by atoms with Gasteiger partial charge in [-0.1, -0.05) is 18.2 Å². The SMILES string of the molecule is Cc1ccccc1C(=O)N1CCCC(C(C)N)C1.Cl. The molecule has 1 aromatic rings. The van der Waals surface area contributed by atoms with Crippen molar-refractivity contribution in [3.63, 3.8) is 0 Å². The Labute approximate surface area is 121 Å². The zero-order chi connectivity index (χ0) is 13.1. The number of carbonyl (C=O) groups excluding carboxylic acids is 1. The number of aryl methyl sites for hydroxylation is 1. The topological polar surface area (TPSA) is 46.3 Å². The van der Waals surface area contributed by atoms with Crippen LogP contribution in [0.15, 0.2) is 24.3 Å².